The number of aromatic amines is 1. The Labute approximate surface area is 171 Å². The molecule has 0 saturated carbocycles. The number of amides is 1. The highest BCUT2D eigenvalue weighted by Gasteiger charge is 2.14. The third kappa shape index (κ3) is 3.81. The van der Waals surface area contributed by atoms with Gasteiger partial charge in [-0.2, -0.15) is 0 Å². The molecule has 0 saturated heterocycles. The molecule has 30 heavy (non-hydrogen) atoms. The fourth-order valence-corrected chi connectivity index (χ4v) is 3.29. The number of fused-ring (bicyclic) bond motifs is 3. The van der Waals surface area contributed by atoms with Crippen LogP contribution in [0.2, 0.25) is 0 Å². The van der Waals surface area contributed by atoms with E-state index >= 15 is 0 Å². The summed E-state index contributed by atoms with van der Waals surface area (Å²) in [5.74, 6) is -0.586. The molecule has 2 heterocycles. The topological polar surface area (TPSA) is 89.0 Å². The maximum Gasteiger partial charge on any atom is 0.280 e. The van der Waals surface area contributed by atoms with E-state index < -0.39 is 0 Å². The van der Waals surface area contributed by atoms with Crippen LogP contribution in [0.5, 0.6) is 0 Å². The summed E-state index contributed by atoms with van der Waals surface area (Å²) in [5, 5.41) is 6.98. The number of ether oxygens (including phenoxy) is 1. The third-order valence-electron chi connectivity index (χ3n) is 4.83. The highest BCUT2D eigenvalue weighted by atomic mass is 19.1. The molecule has 0 aliphatic rings. The summed E-state index contributed by atoms with van der Waals surface area (Å²) in [4.78, 5) is 29.7. The van der Waals surface area contributed by atoms with Crippen LogP contribution >= 0.6 is 0 Å². The molecule has 0 aliphatic heterocycles. The van der Waals surface area contributed by atoms with Crippen molar-refractivity contribution in [2.75, 3.05) is 19.8 Å². The molecule has 2 N–H and O–H groups in total. The van der Waals surface area contributed by atoms with E-state index in [1.165, 1.54) is 35.1 Å². The van der Waals surface area contributed by atoms with Crippen molar-refractivity contribution in [3.63, 3.8) is 0 Å². The molecular weight excluding hydrogens is 387 g/mol. The molecule has 154 valence electrons. The number of aromatic nitrogens is 3. The van der Waals surface area contributed by atoms with Crippen molar-refractivity contribution in [1.82, 2.24) is 20.1 Å². The van der Waals surface area contributed by atoms with Gasteiger partial charge in [0, 0.05) is 36.9 Å². The number of H-pyrrole nitrogens is 1. The number of hydrogen-bond acceptors (Lipinski definition) is 4. The zero-order valence-corrected chi connectivity index (χ0v) is 16.4. The number of nitrogens with zero attached hydrogens (tertiary/aromatic N) is 2. The smallest absolute Gasteiger partial charge is 0.280 e. The summed E-state index contributed by atoms with van der Waals surface area (Å²) in [6, 6.07) is 10.8. The monoisotopic (exact) mass is 408 g/mol. The van der Waals surface area contributed by atoms with Gasteiger partial charge in [0.25, 0.3) is 11.5 Å². The number of carbonyl (C=O) groups is 1. The molecule has 0 aliphatic carbocycles. The lowest BCUT2D eigenvalue weighted by Gasteiger charge is -2.07. The number of benzene rings is 2. The highest BCUT2D eigenvalue weighted by Crippen LogP contribution is 2.22. The van der Waals surface area contributed by atoms with Crippen LogP contribution in [-0.2, 0) is 4.74 Å². The van der Waals surface area contributed by atoms with Crippen molar-refractivity contribution in [1.29, 1.82) is 0 Å². The van der Waals surface area contributed by atoms with Crippen LogP contribution in [0, 0.1) is 5.82 Å². The Balaban J connectivity index is 1.69. The van der Waals surface area contributed by atoms with Gasteiger partial charge in [-0.1, -0.05) is 0 Å². The molecule has 0 radical (unpaired) electrons. The average Bonchev–Trinajstić information content (AvgIpc) is 3.10. The zero-order chi connectivity index (χ0) is 21.1. The van der Waals surface area contributed by atoms with Crippen LogP contribution in [-0.4, -0.2) is 40.4 Å². The van der Waals surface area contributed by atoms with Gasteiger partial charge in [0.05, 0.1) is 22.1 Å². The van der Waals surface area contributed by atoms with Crippen molar-refractivity contribution >= 4 is 27.7 Å². The quantitative estimate of drug-likeness (QED) is 0.460. The van der Waals surface area contributed by atoms with E-state index in [0.717, 1.165) is 6.42 Å². The lowest BCUT2D eigenvalue weighted by Crippen LogP contribution is -2.25. The maximum absolute atomic E-state index is 13.2. The minimum Gasteiger partial charge on any atom is -0.382 e. The second-order valence-corrected chi connectivity index (χ2v) is 6.81. The fraction of sp³-hybridized carbons (Fsp3) is 0.227. The molecule has 4 aromatic rings. The summed E-state index contributed by atoms with van der Waals surface area (Å²) in [6.45, 7) is 3.68. The second kappa shape index (κ2) is 8.46. The Bertz CT molecular complexity index is 1260. The van der Waals surface area contributed by atoms with Crippen LogP contribution in [0.15, 0.2) is 53.5 Å². The third-order valence-corrected chi connectivity index (χ3v) is 4.83. The number of carbonyl (C=O) groups excluding carboxylic acids is 1. The molecule has 1 amide bonds. The minimum absolute atomic E-state index is 0.203. The van der Waals surface area contributed by atoms with E-state index in [1.807, 2.05) is 6.92 Å². The van der Waals surface area contributed by atoms with Crippen LogP contribution in [0.1, 0.15) is 23.7 Å². The predicted octanol–water partition coefficient (Wildman–Crippen LogP) is 3.16. The largest absolute Gasteiger partial charge is 0.382 e. The lowest BCUT2D eigenvalue weighted by atomic mass is 10.1. The molecule has 0 bridgehead atoms. The van der Waals surface area contributed by atoms with E-state index in [0.29, 0.717) is 52.8 Å². The predicted molar refractivity (Wildman–Crippen MR) is 113 cm³/mol. The first-order valence-electron chi connectivity index (χ1n) is 9.74. The van der Waals surface area contributed by atoms with E-state index in [9.17, 15) is 14.0 Å². The van der Waals surface area contributed by atoms with Gasteiger partial charge in [0.1, 0.15) is 5.82 Å². The normalized spacial score (nSPS) is 11.3. The van der Waals surface area contributed by atoms with Gasteiger partial charge >= 0.3 is 0 Å². The number of hydrogen-bond donors (Lipinski definition) is 2. The Morgan fingerprint density at radius 2 is 2.00 bits per heavy atom. The first kappa shape index (κ1) is 19.8. The SMILES string of the molecule is CCOCCCNC(=O)c1ccc2ncc3c(=O)n(-c4ccc(F)cc4)[nH]c3c2c1. The number of rotatable bonds is 7. The van der Waals surface area contributed by atoms with Gasteiger partial charge in [0.15, 0.2) is 0 Å². The van der Waals surface area contributed by atoms with Gasteiger partial charge in [0.2, 0.25) is 0 Å². The van der Waals surface area contributed by atoms with E-state index in [1.54, 1.807) is 18.2 Å². The summed E-state index contributed by atoms with van der Waals surface area (Å²) in [5.41, 5.74) is 1.91. The Hall–Kier alpha value is -3.52. The molecule has 0 spiro atoms. The van der Waals surface area contributed by atoms with E-state index in [-0.39, 0.29) is 17.3 Å². The number of pyridine rings is 1. The maximum atomic E-state index is 13.2. The molecule has 8 heteroatoms. The van der Waals surface area contributed by atoms with Crippen LogP contribution in [0.4, 0.5) is 4.39 Å². The minimum atomic E-state index is -0.382. The molecule has 2 aromatic carbocycles. The van der Waals surface area contributed by atoms with Gasteiger partial charge in [-0.05, 0) is 55.8 Å². The number of halogens is 1. The summed E-state index contributed by atoms with van der Waals surface area (Å²) < 4.78 is 19.8. The van der Waals surface area contributed by atoms with Crippen molar-refractivity contribution < 1.29 is 13.9 Å². The Kier molecular flexibility index (Phi) is 5.58. The first-order valence-corrected chi connectivity index (χ1v) is 9.74. The molecular formula is C22H21FN4O3. The molecule has 4 rings (SSSR count). The van der Waals surface area contributed by atoms with Crippen molar-refractivity contribution in [3.05, 3.63) is 70.4 Å². The number of nitrogens with one attached hydrogen (secondary N) is 2. The Morgan fingerprint density at radius 1 is 1.20 bits per heavy atom. The standard InChI is InChI=1S/C22H21FN4O3/c1-2-30-11-3-10-24-21(28)14-4-9-19-17(12-14)20-18(13-25-19)22(29)27(26-20)16-7-5-15(23)6-8-16/h4-9,12-13,26H,2-3,10-11H2,1H3,(H,24,28). The van der Waals surface area contributed by atoms with Crippen molar-refractivity contribution in [3.8, 4) is 5.69 Å². The molecule has 0 fully saturated rings. The average molecular weight is 408 g/mol. The van der Waals surface area contributed by atoms with Crippen molar-refractivity contribution in [2.24, 2.45) is 0 Å². The lowest BCUT2D eigenvalue weighted by molar-refractivity contribution is 0.0944. The van der Waals surface area contributed by atoms with Gasteiger partial charge < -0.3 is 10.1 Å². The first-order chi connectivity index (χ1) is 14.6. The van der Waals surface area contributed by atoms with Crippen molar-refractivity contribution in [2.45, 2.75) is 13.3 Å². The van der Waals surface area contributed by atoms with Crippen LogP contribution < -0.4 is 10.9 Å². The van der Waals surface area contributed by atoms with Crippen LogP contribution in [0.3, 0.4) is 0 Å². The van der Waals surface area contributed by atoms with Crippen LogP contribution in [0.25, 0.3) is 27.5 Å². The molecule has 0 atom stereocenters. The van der Waals surface area contributed by atoms with Gasteiger partial charge in [-0.15, -0.1) is 0 Å². The fourth-order valence-electron chi connectivity index (χ4n) is 3.29. The molecule has 2 aromatic heterocycles. The molecule has 0 unspecified atom stereocenters. The summed E-state index contributed by atoms with van der Waals surface area (Å²) >= 11 is 0. The second-order valence-electron chi connectivity index (χ2n) is 6.81. The Morgan fingerprint density at radius 3 is 2.77 bits per heavy atom. The van der Waals surface area contributed by atoms with E-state index in [4.69, 9.17) is 4.74 Å². The van der Waals surface area contributed by atoms with Gasteiger partial charge in [-0.25, -0.2) is 9.07 Å². The van der Waals surface area contributed by atoms with E-state index in [2.05, 4.69) is 15.4 Å². The highest BCUT2D eigenvalue weighted by molar-refractivity contribution is 6.06. The summed E-state index contributed by atoms with van der Waals surface area (Å²) in [7, 11) is 0. The summed E-state index contributed by atoms with van der Waals surface area (Å²) in [6.07, 6.45) is 2.23. The zero-order valence-electron chi connectivity index (χ0n) is 16.4. The van der Waals surface area contributed by atoms with Gasteiger partial charge in [-0.3, -0.25) is 19.7 Å². The molecule has 7 nitrogen and oxygen atoms in total.